The van der Waals surface area contributed by atoms with E-state index in [0.29, 0.717) is 11.3 Å². The largest absolute Gasteiger partial charge is 0.446 e. The molecule has 1 aromatic carbocycles. The van der Waals surface area contributed by atoms with Gasteiger partial charge in [-0.2, -0.15) is 5.26 Å². The van der Waals surface area contributed by atoms with Crippen LogP contribution in [0.3, 0.4) is 0 Å². The molecule has 0 N–H and O–H groups in total. The van der Waals surface area contributed by atoms with Crippen LogP contribution in [0.5, 0.6) is 0 Å². The van der Waals surface area contributed by atoms with Crippen LogP contribution in [0, 0.1) is 21.4 Å². The molecule has 0 saturated carbocycles. The molecule has 5 heteroatoms. The summed E-state index contributed by atoms with van der Waals surface area (Å²) in [6.07, 6.45) is 0. The van der Waals surface area contributed by atoms with Crippen LogP contribution in [0.4, 0.5) is 5.69 Å². The second kappa shape index (κ2) is 3.87. The van der Waals surface area contributed by atoms with Crippen molar-refractivity contribution in [3.8, 4) is 17.4 Å². The van der Waals surface area contributed by atoms with E-state index in [-0.39, 0.29) is 11.4 Å². The van der Waals surface area contributed by atoms with Crippen molar-refractivity contribution in [1.29, 1.82) is 5.26 Å². The maximum absolute atomic E-state index is 10.6. The van der Waals surface area contributed by atoms with E-state index in [1.165, 1.54) is 18.2 Å². The van der Waals surface area contributed by atoms with Gasteiger partial charge in [-0.15, -0.1) is 0 Å². The molecule has 0 amide bonds. The quantitative estimate of drug-likeness (QED) is 0.568. The van der Waals surface area contributed by atoms with Gasteiger partial charge < -0.3 is 4.42 Å². The number of hydrogen-bond donors (Lipinski definition) is 0. The molecule has 2 rings (SSSR count). The molecule has 16 heavy (non-hydrogen) atoms. The summed E-state index contributed by atoms with van der Waals surface area (Å²) in [5.74, 6) is 0.627. The molecule has 0 atom stereocenters. The molecule has 2 aromatic rings. The van der Waals surface area contributed by atoms with Crippen molar-refractivity contribution in [3.05, 3.63) is 52.3 Å². The Morgan fingerprint density at radius 1 is 1.31 bits per heavy atom. The van der Waals surface area contributed by atoms with Gasteiger partial charge in [0.2, 0.25) is 5.76 Å². The van der Waals surface area contributed by atoms with Gasteiger partial charge in [-0.3, -0.25) is 10.1 Å². The maximum Gasteiger partial charge on any atom is 0.270 e. The summed E-state index contributed by atoms with van der Waals surface area (Å²) in [6.45, 7) is 0. The second-order valence-corrected chi connectivity index (χ2v) is 3.08. The van der Waals surface area contributed by atoms with Crippen molar-refractivity contribution in [2.45, 2.75) is 0 Å². The number of nitro benzene ring substituents is 1. The molecule has 0 aliphatic rings. The van der Waals surface area contributed by atoms with Crippen molar-refractivity contribution >= 4 is 5.69 Å². The number of rotatable bonds is 2. The molecule has 1 heterocycles. The highest BCUT2D eigenvalue weighted by Gasteiger charge is 2.09. The number of furan rings is 1. The van der Waals surface area contributed by atoms with Gasteiger partial charge in [0, 0.05) is 17.7 Å². The van der Waals surface area contributed by atoms with Crippen molar-refractivity contribution in [2.75, 3.05) is 0 Å². The van der Waals surface area contributed by atoms with E-state index in [2.05, 4.69) is 0 Å². The summed E-state index contributed by atoms with van der Waals surface area (Å²) in [4.78, 5) is 10.1. The number of hydrogen-bond acceptors (Lipinski definition) is 4. The lowest BCUT2D eigenvalue weighted by molar-refractivity contribution is -0.384. The van der Waals surface area contributed by atoms with E-state index in [4.69, 9.17) is 9.68 Å². The summed E-state index contributed by atoms with van der Waals surface area (Å²) in [5.41, 5.74) is 0.572. The first-order valence-corrected chi connectivity index (χ1v) is 4.45. The van der Waals surface area contributed by atoms with Gasteiger partial charge in [-0.05, 0) is 12.1 Å². The van der Waals surface area contributed by atoms with Crippen LogP contribution in [0.25, 0.3) is 11.3 Å². The van der Waals surface area contributed by atoms with Gasteiger partial charge in [0.15, 0.2) is 0 Å². The lowest BCUT2D eigenvalue weighted by Crippen LogP contribution is -1.87. The van der Waals surface area contributed by atoms with Crippen LogP contribution in [0.15, 0.2) is 40.8 Å². The molecule has 0 unspecified atom stereocenters. The number of nitriles is 1. The number of nitrogens with zero attached hydrogens (tertiary/aromatic N) is 2. The monoisotopic (exact) mass is 214 g/mol. The van der Waals surface area contributed by atoms with Gasteiger partial charge in [0.25, 0.3) is 5.69 Å². The summed E-state index contributed by atoms with van der Waals surface area (Å²) in [6, 6.07) is 11.0. The van der Waals surface area contributed by atoms with Crippen LogP contribution >= 0.6 is 0 Å². The van der Waals surface area contributed by atoms with Crippen LogP contribution in [-0.2, 0) is 0 Å². The fourth-order valence-electron chi connectivity index (χ4n) is 1.33. The Morgan fingerprint density at radius 2 is 2.12 bits per heavy atom. The van der Waals surface area contributed by atoms with Crippen molar-refractivity contribution in [2.24, 2.45) is 0 Å². The standard InChI is InChI=1S/C11H6N2O3/c12-7-10-4-5-11(16-10)8-2-1-3-9(6-8)13(14)15/h1-6H. The van der Waals surface area contributed by atoms with Gasteiger partial charge in [0.05, 0.1) is 4.92 Å². The molecule has 0 aliphatic carbocycles. The Labute approximate surface area is 90.7 Å². The van der Waals surface area contributed by atoms with Crippen molar-refractivity contribution in [1.82, 2.24) is 0 Å². The van der Waals surface area contributed by atoms with Crippen molar-refractivity contribution in [3.63, 3.8) is 0 Å². The predicted molar refractivity (Wildman–Crippen MR) is 55.5 cm³/mol. The Bertz CT molecular complexity index is 581. The molecule has 0 aliphatic heterocycles. The fourth-order valence-corrected chi connectivity index (χ4v) is 1.33. The van der Waals surface area contributed by atoms with E-state index in [0.717, 1.165) is 0 Å². The average Bonchev–Trinajstić information content (AvgIpc) is 2.77. The summed E-state index contributed by atoms with van der Waals surface area (Å²) in [7, 11) is 0. The molecule has 1 aromatic heterocycles. The minimum atomic E-state index is -0.475. The molecule has 0 spiro atoms. The zero-order valence-corrected chi connectivity index (χ0v) is 8.08. The summed E-state index contributed by atoms with van der Waals surface area (Å²) < 4.78 is 5.17. The lowest BCUT2D eigenvalue weighted by atomic mass is 10.1. The number of non-ortho nitro benzene ring substituents is 1. The lowest BCUT2D eigenvalue weighted by Gasteiger charge is -1.96. The third kappa shape index (κ3) is 1.77. The van der Waals surface area contributed by atoms with Crippen LogP contribution in [0.2, 0.25) is 0 Å². The Balaban J connectivity index is 2.44. The van der Waals surface area contributed by atoms with Gasteiger partial charge in [0.1, 0.15) is 11.8 Å². The Hall–Kier alpha value is -2.61. The van der Waals surface area contributed by atoms with Crippen LogP contribution < -0.4 is 0 Å². The molecule has 5 nitrogen and oxygen atoms in total. The molecule has 78 valence electrons. The van der Waals surface area contributed by atoms with Gasteiger partial charge >= 0.3 is 0 Å². The zero-order chi connectivity index (χ0) is 11.5. The molecule has 0 radical (unpaired) electrons. The maximum atomic E-state index is 10.6. The minimum Gasteiger partial charge on any atom is -0.446 e. The van der Waals surface area contributed by atoms with E-state index < -0.39 is 4.92 Å². The minimum absolute atomic E-state index is 0.00703. The molecule has 0 bridgehead atoms. The highest BCUT2D eigenvalue weighted by Crippen LogP contribution is 2.25. The fraction of sp³-hybridized carbons (Fsp3) is 0. The first-order chi connectivity index (χ1) is 7.70. The van der Waals surface area contributed by atoms with Crippen LogP contribution in [0.1, 0.15) is 5.76 Å². The van der Waals surface area contributed by atoms with E-state index in [1.807, 2.05) is 6.07 Å². The van der Waals surface area contributed by atoms with E-state index >= 15 is 0 Å². The highest BCUT2D eigenvalue weighted by atomic mass is 16.6. The molecule has 0 fully saturated rings. The summed E-state index contributed by atoms with van der Waals surface area (Å²) >= 11 is 0. The topological polar surface area (TPSA) is 80.1 Å². The molecule has 0 saturated heterocycles. The number of benzene rings is 1. The van der Waals surface area contributed by atoms with Crippen molar-refractivity contribution < 1.29 is 9.34 Å². The first kappa shape index (κ1) is 9.93. The second-order valence-electron chi connectivity index (χ2n) is 3.08. The van der Waals surface area contributed by atoms with E-state index in [1.54, 1.807) is 18.2 Å². The van der Waals surface area contributed by atoms with Gasteiger partial charge in [-0.1, -0.05) is 12.1 Å². The third-order valence-corrected chi connectivity index (χ3v) is 2.06. The van der Waals surface area contributed by atoms with E-state index in [9.17, 15) is 10.1 Å². The third-order valence-electron chi connectivity index (χ3n) is 2.06. The summed E-state index contributed by atoms with van der Waals surface area (Å²) in [5, 5.41) is 19.2. The Morgan fingerprint density at radius 3 is 2.75 bits per heavy atom. The number of nitro groups is 1. The zero-order valence-electron chi connectivity index (χ0n) is 8.08. The predicted octanol–water partition coefficient (Wildman–Crippen LogP) is 2.73. The average molecular weight is 214 g/mol. The smallest absolute Gasteiger partial charge is 0.270 e. The first-order valence-electron chi connectivity index (χ1n) is 4.45. The SMILES string of the molecule is N#Cc1ccc(-c2cccc([N+](=O)[O-])c2)o1. The Kier molecular flexibility index (Phi) is 2.40. The van der Waals surface area contributed by atoms with Gasteiger partial charge in [-0.25, -0.2) is 0 Å². The highest BCUT2D eigenvalue weighted by molar-refractivity contribution is 5.61. The molecular weight excluding hydrogens is 208 g/mol. The normalized spacial score (nSPS) is 9.69. The van der Waals surface area contributed by atoms with Crippen LogP contribution in [-0.4, -0.2) is 4.92 Å². The molecular formula is C11H6N2O3.